The first kappa shape index (κ1) is 14.6. The Kier molecular flexibility index (Phi) is 3.44. The second-order valence-corrected chi connectivity index (χ2v) is 6.25. The van der Waals surface area contributed by atoms with Gasteiger partial charge in [0.1, 0.15) is 11.6 Å². The molecule has 1 aromatic heterocycles. The van der Waals surface area contributed by atoms with Crippen molar-refractivity contribution in [3.05, 3.63) is 51.4 Å². The van der Waals surface area contributed by atoms with E-state index in [1.165, 1.54) is 6.07 Å². The molecule has 7 heteroatoms. The number of anilines is 1. The van der Waals surface area contributed by atoms with Crippen LogP contribution in [-0.2, 0) is 17.6 Å². The van der Waals surface area contributed by atoms with Crippen molar-refractivity contribution in [3.63, 3.8) is 0 Å². The predicted octanol–water partition coefficient (Wildman–Crippen LogP) is 2.64. The van der Waals surface area contributed by atoms with Crippen LogP contribution in [0.1, 0.15) is 26.4 Å². The van der Waals surface area contributed by atoms with E-state index in [1.807, 2.05) is 0 Å². The third kappa shape index (κ3) is 2.18. The number of nitrogens with two attached hydrogens (primary N) is 1. The number of carboxylic acids is 1. The molecule has 0 saturated heterocycles. The summed E-state index contributed by atoms with van der Waals surface area (Å²) < 4.78 is 27.6. The summed E-state index contributed by atoms with van der Waals surface area (Å²) in [5, 5.41) is 9.24. The van der Waals surface area contributed by atoms with Crippen LogP contribution in [0.2, 0.25) is 0 Å². The van der Waals surface area contributed by atoms with Gasteiger partial charge in [0.2, 0.25) is 5.78 Å². The van der Waals surface area contributed by atoms with Crippen LogP contribution < -0.4 is 5.73 Å². The molecule has 114 valence electrons. The molecule has 0 spiro atoms. The average Bonchev–Trinajstić information content (AvgIpc) is 2.94. The highest BCUT2D eigenvalue weighted by molar-refractivity contribution is 7.16. The fraction of sp³-hybridized carbons (Fsp3) is 0.200. The zero-order valence-corrected chi connectivity index (χ0v) is 12.0. The Morgan fingerprint density at radius 1 is 1.18 bits per heavy atom. The first-order valence-corrected chi connectivity index (χ1v) is 7.33. The minimum atomic E-state index is -0.961. The van der Waals surface area contributed by atoms with Crippen LogP contribution in [0.25, 0.3) is 0 Å². The van der Waals surface area contributed by atoms with Gasteiger partial charge >= 0.3 is 5.97 Å². The van der Waals surface area contributed by atoms with Crippen molar-refractivity contribution in [2.45, 2.75) is 12.8 Å². The van der Waals surface area contributed by atoms with Gasteiger partial charge in [-0.15, -0.1) is 11.3 Å². The summed E-state index contributed by atoms with van der Waals surface area (Å²) in [6.07, 6.45) is 0.433. The number of benzene rings is 1. The fourth-order valence-corrected chi connectivity index (χ4v) is 3.90. The monoisotopic (exact) mass is 323 g/mol. The van der Waals surface area contributed by atoms with E-state index in [4.69, 9.17) is 10.8 Å². The highest BCUT2D eigenvalue weighted by Gasteiger charge is 2.35. The van der Waals surface area contributed by atoms with Crippen molar-refractivity contribution in [2.75, 3.05) is 5.73 Å². The number of halogens is 2. The molecule has 0 saturated carbocycles. The molecule has 0 bridgehead atoms. The number of fused-ring (bicyclic) bond motifs is 1. The number of carbonyl (C=O) groups is 2. The zero-order chi connectivity index (χ0) is 16.0. The Balaban J connectivity index is 2.08. The van der Waals surface area contributed by atoms with E-state index in [0.717, 1.165) is 23.5 Å². The maximum atomic E-state index is 13.8. The van der Waals surface area contributed by atoms with Crippen molar-refractivity contribution in [1.82, 2.24) is 0 Å². The molecule has 22 heavy (non-hydrogen) atoms. The number of nitrogen functional groups attached to an aromatic ring is 1. The molecule has 0 amide bonds. The molecular formula is C15H11F2NO3S. The number of aliphatic carboxylic acids is 1. The quantitative estimate of drug-likeness (QED) is 0.851. The van der Waals surface area contributed by atoms with Gasteiger partial charge in [0.05, 0.1) is 22.0 Å². The van der Waals surface area contributed by atoms with Gasteiger partial charge in [-0.05, 0) is 30.5 Å². The molecule has 1 unspecified atom stereocenters. The highest BCUT2D eigenvalue weighted by atomic mass is 32.1. The maximum Gasteiger partial charge on any atom is 0.307 e. The van der Waals surface area contributed by atoms with Gasteiger partial charge < -0.3 is 10.8 Å². The predicted molar refractivity (Wildman–Crippen MR) is 77.1 cm³/mol. The van der Waals surface area contributed by atoms with E-state index in [1.54, 1.807) is 0 Å². The maximum absolute atomic E-state index is 13.8. The van der Waals surface area contributed by atoms with Crippen LogP contribution in [0.15, 0.2) is 18.2 Å². The number of ketones is 1. The van der Waals surface area contributed by atoms with Crippen LogP contribution in [-0.4, -0.2) is 16.9 Å². The number of hydrogen-bond donors (Lipinski definition) is 2. The summed E-state index contributed by atoms with van der Waals surface area (Å²) in [4.78, 5) is 24.3. The number of hydrogen-bond acceptors (Lipinski definition) is 4. The van der Waals surface area contributed by atoms with Gasteiger partial charge in [0, 0.05) is 4.88 Å². The SMILES string of the molecule is Nc1sc2c(c1C(=O)c1c(F)cccc1F)CC(C(=O)O)C2. The Bertz CT molecular complexity index is 780. The molecule has 0 aliphatic heterocycles. The molecule has 1 aliphatic rings. The van der Waals surface area contributed by atoms with E-state index in [9.17, 15) is 18.4 Å². The average molecular weight is 323 g/mol. The minimum Gasteiger partial charge on any atom is -0.481 e. The smallest absolute Gasteiger partial charge is 0.307 e. The Morgan fingerprint density at radius 3 is 2.41 bits per heavy atom. The van der Waals surface area contributed by atoms with Crippen LogP contribution in [0, 0.1) is 17.6 Å². The highest BCUT2D eigenvalue weighted by Crippen LogP contribution is 2.41. The third-order valence-corrected chi connectivity index (χ3v) is 4.85. The first-order valence-electron chi connectivity index (χ1n) is 6.51. The lowest BCUT2D eigenvalue weighted by molar-refractivity contribution is -0.141. The third-order valence-electron chi connectivity index (χ3n) is 3.77. The van der Waals surface area contributed by atoms with Gasteiger partial charge in [-0.2, -0.15) is 0 Å². The second kappa shape index (κ2) is 5.17. The van der Waals surface area contributed by atoms with Crippen LogP contribution in [0.5, 0.6) is 0 Å². The first-order chi connectivity index (χ1) is 10.4. The molecule has 1 heterocycles. The van der Waals surface area contributed by atoms with Crippen molar-refractivity contribution in [2.24, 2.45) is 5.92 Å². The lowest BCUT2D eigenvalue weighted by Crippen LogP contribution is -2.15. The standard InChI is InChI=1S/C15H11F2NO3S/c16-8-2-1-3-9(17)12(8)13(19)11-7-4-6(15(20)21)5-10(7)22-14(11)18/h1-3,6H,4-5,18H2,(H,20,21). The molecule has 3 rings (SSSR count). The topological polar surface area (TPSA) is 80.4 Å². The van der Waals surface area contributed by atoms with Gasteiger partial charge in [0.25, 0.3) is 0 Å². The molecule has 1 aliphatic carbocycles. The Hall–Kier alpha value is -2.28. The van der Waals surface area contributed by atoms with Crippen LogP contribution >= 0.6 is 11.3 Å². The molecule has 2 aromatic rings. The lowest BCUT2D eigenvalue weighted by atomic mass is 9.98. The van der Waals surface area contributed by atoms with E-state index < -0.39 is 34.9 Å². The van der Waals surface area contributed by atoms with Gasteiger partial charge in [-0.3, -0.25) is 9.59 Å². The van der Waals surface area contributed by atoms with Gasteiger partial charge in [0.15, 0.2) is 0 Å². The molecule has 1 atom stereocenters. The molecule has 3 N–H and O–H groups in total. The van der Waals surface area contributed by atoms with Crippen LogP contribution in [0.3, 0.4) is 0 Å². The molecule has 0 radical (unpaired) electrons. The van der Waals surface area contributed by atoms with Crippen LogP contribution in [0.4, 0.5) is 13.8 Å². The number of carbonyl (C=O) groups excluding carboxylic acids is 1. The Morgan fingerprint density at radius 2 is 1.82 bits per heavy atom. The van der Waals surface area contributed by atoms with Crippen molar-refractivity contribution in [3.8, 4) is 0 Å². The van der Waals surface area contributed by atoms with Crippen molar-refractivity contribution >= 4 is 28.1 Å². The zero-order valence-electron chi connectivity index (χ0n) is 11.2. The van der Waals surface area contributed by atoms with E-state index >= 15 is 0 Å². The number of thiophene rings is 1. The van der Waals surface area contributed by atoms with Gasteiger partial charge in [-0.1, -0.05) is 6.07 Å². The summed E-state index contributed by atoms with van der Waals surface area (Å²) >= 11 is 1.11. The van der Waals surface area contributed by atoms with Gasteiger partial charge in [-0.25, -0.2) is 8.78 Å². The van der Waals surface area contributed by atoms with E-state index in [-0.39, 0.29) is 23.4 Å². The van der Waals surface area contributed by atoms with E-state index in [2.05, 4.69) is 0 Å². The largest absolute Gasteiger partial charge is 0.481 e. The summed E-state index contributed by atoms with van der Waals surface area (Å²) in [6.45, 7) is 0. The summed E-state index contributed by atoms with van der Waals surface area (Å²) in [7, 11) is 0. The lowest BCUT2D eigenvalue weighted by Gasteiger charge is -2.07. The van der Waals surface area contributed by atoms with E-state index in [0.29, 0.717) is 10.4 Å². The molecule has 4 nitrogen and oxygen atoms in total. The fourth-order valence-electron chi connectivity index (χ4n) is 2.72. The number of carboxylic acid groups (broad SMARTS) is 1. The molecular weight excluding hydrogens is 312 g/mol. The summed E-state index contributed by atoms with van der Waals surface area (Å²) in [5.41, 5.74) is 5.70. The summed E-state index contributed by atoms with van der Waals surface area (Å²) in [5.74, 6) is -4.35. The number of rotatable bonds is 3. The summed E-state index contributed by atoms with van der Waals surface area (Å²) in [6, 6.07) is 3.17. The minimum absolute atomic E-state index is 0.0350. The Labute approximate surface area is 128 Å². The molecule has 0 fully saturated rings. The second-order valence-electron chi connectivity index (χ2n) is 5.11. The van der Waals surface area contributed by atoms with Crippen molar-refractivity contribution in [1.29, 1.82) is 0 Å². The molecule has 1 aromatic carbocycles. The normalized spacial score (nSPS) is 16.5. The van der Waals surface area contributed by atoms with Crippen molar-refractivity contribution < 1.29 is 23.5 Å².